The van der Waals surface area contributed by atoms with E-state index in [9.17, 15) is 20.1 Å². The first-order valence-corrected chi connectivity index (χ1v) is 27.8. The highest BCUT2D eigenvalue weighted by atomic mass is 16.3. The lowest BCUT2D eigenvalue weighted by Gasteiger charge is -2.23. The summed E-state index contributed by atoms with van der Waals surface area (Å²) in [6, 6.07) is -0.654. The summed E-state index contributed by atoms with van der Waals surface area (Å²) in [6.45, 7) is 4.31. The van der Waals surface area contributed by atoms with E-state index in [2.05, 4.69) is 19.2 Å². The third-order valence-corrected chi connectivity index (χ3v) is 13.4. The zero-order chi connectivity index (χ0) is 43.7. The molecule has 5 nitrogen and oxygen atoms in total. The molecule has 5 heteroatoms. The Kier molecular flexibility index (Phi) is 50.4. The van der Waals surface area contributed by atoms with Gasteiger partial charge in [-0.2, -0.15) is 0 Å². The van der Waals surface area contributed by atoms with Crippen molar-refractivity contribution in [1.29, 1.82) is 0 Å². The number of unbranched alkanes of at least 4 members (excludes halogenated alkanes) is 43. The predicted molar refractivity (Wildman–Crippen MR) is 264 cm³/mol. The Hall–Kier alpha value is -0.650. The molecule has 0 aliphatic carbocycles. The van der Waals surface area contributed by atoms with E-state index in [4.69, 9.17) is 0 Å². The van der Waals surface area contributed by atoms with Crippen LogP contribution in [-0.4, -0.2) is 46.1 Å². The summed E-state index contributed by atoms with van der Waals surface area (Å²) in [7, 11) is 0. The fourth-order valence-electron chi connectivity index (χ4n) is 9.17. The minimum atomic E-state index is -0.745. The van der Waals surface area contributed by atoms with Crippen molar-refractivity contribution in [2.45, 2.75) is 340 Å². The van der Waals surface area contributed by atoms with E-state index in [0.717, 1.165) is 25.7 Å². The van der Waals surface area contributed by atoms with Crippen LogP contribution in [0.15, 0.2) is 0 Å². The van der Waals surface area contributed by atoms with Crippen LogP contribution in [0.1, 0.15) is 322 Å². The minimum absolute atomic E-state index is 0.0435. The Labute approximate surface area is 377 Å². The summed E-state index contributed by atoms with van der Waals surface area (Å²) in [6.07, 6.45) is 61.1. The van der Waals surface area contributed by atoms with Crippen LogP contribution in [0.2, 0.25) is 0 Å². The van der Waals surface area contributed by atoms with E-state index in [0.29, 0.717) is 12.8 Å². The molecule has 0 aromatic heterocycles. The molecule has 4 N–H and O–H groups in total. The second kappa shape index (κ2) is 51.0. The van der Waals surface area contributed by atoms with E-state index in [-0.39, 0.29) is 18.9 Å². The molecule has 3 unspecified atom stereocenters. The van der Waals surface area contributed by atoms with Crippen LogP contribution in [-0.2, 0) is 4.79 Å². The summed E-state index contributed by atoms with van der Waals surface area (Å²) in [5, 5.41) is 33.6. The Balaban J connectivity index is 3.48. The SMILES string of the molecule is CCCCCCCCCCCCCCCCCCCCCCCCCCCCCC(O)CC(=O)NC(CO)C(O)CCCCCCCCCCCCCCCCCCCC. The van der Waals surface area contributed by atoms with Gasteiger partial charge in [0.25, 0.3) is 0 Å². The number of rotatable bonds is 52. The Bertz CT molecular complexity index is 807. The average Bonchev–Trinajstić information content (AvgIpc) is 3.24. The summed E-state index contributed by atoms with van der Waals surface area (Å²) >= 11 is 0. The van der Waals surface area contributed by atoms with Crippen molar-refractivity contribution in [3.8, 4) is 0 Å². The van der Waals surface area contributed by atoms with Gasteiger partial charge in [0.2, 0.25) is 5.91 Å². The van der Waals surface area contributed by atoms with Gasteiger partial charge in [-0.15, -0.1) is 0 Å². The van der Waals surface area contributed by atoms with Crippen LogP contribution in [0, 0.1) is 0 Å². The molecule has 0 saturated carbocycles. The van der Waals surface area contributed by atoms with Crippen LogP contribution in [0.4, 0.5) is 0 Å². The number of aliphatic hydroxyl groups is 3. The topological polar surface area (TPSA) is 89.8 Å². The molecule has 3 atom stereocenters. The number of aliphatic hydroxyl groups excluding tert-OH is 3. The van der Waals surface area contributed by atoms with Crippen LogP contribution in [0.5, 0.6) is 0 Å². The number of carbonyl (C=O) groups is 1. The molecule has 60 heavy (non-hydrogen) atoms. The minimum Gasteiger partial charge on any atom is -0.394 e. The van der Waals surface area contributed by atoms with Crippen LogP contribution >= 0.6 is 0 Å². The summed E-state index contributed by atoms with van der Waals surface area (Å²) in [4.78, 5) is 12.5. The highest BCUT2D eigenvalue weighted by molar-refractivity contribution is 5.76. The molecule has 0 saturated heterocycles. The van der Waals surface area contributed by atoms with Gasteiger partial charge < -0.3 is 20.6 Å². The standard InChI is InChI=1S/C55H111NO4/c1-3-5-7-9-11-13-15-17-19-21-23-24-25-26-27-28-29-30-31-32-34-36-38-40-42-44-46-48-52(58)50-55(60)56-53(51-57)54(59)49-47-45-43-41-39-37-35-33-22-20-18-16-14-12-10-8-6-4-2/h52-54,57-59H,3-51H2,1-2H3,(H,56,60). The molecule has 0 aromatic carbocycles. The van der Waals surface area contributed by atoms with E-state index in [1.807, 2.05) is 0 Å². The van der Waals surface area contributed by atoms with Crippen LogP contribution in [0.25, 0.3) is 0 Å². The van der Waals surface area contributed by atoms with E-state index < -0.39 is 18.2 Å². The monoisotopic (exact) mass is 850 g/mol. The van der Waals surface area contributed by atoms with Gasteiger partial charge in [-0.05, 0) is 12.8 Å². The van der Waals surface area contributed by atoms with Gasteiger partial charge in [0.1, 0.15) is 0 Å². The second-order valence-electron chi connectivity index (χ2n) is 19.6. The largest absolute Gasteiger partial charge is 0.394 e. The first-order valence-electron chi connectivity index (χ1n) is 27.8. The number of hydrogen-bond donors (Lipinski definition) is 4. The normalized spacial score (nSPS) is 13.2. The maximum absolute atomic E-state index is 12.5. The molecule has 0 rings (SSSR count). The molecular formula is C55H111NO4. The molecule has 0 heterocycles. The lowest BCUT2D eigenvalue weighted by molar-refractivity contribution is -0.125. The number of carbonyl (C=O) groups excluding carboxylic acids is 1. The quantitative estimate of drug-likeness (QED) is 0.0459. The maximum Gasteiger partial charge on any atom is 0.222 e. The zero-order valence-electron chi connectivity index (χ0n) is 41.1. The van der Waals surface area contributed by atoms with Gasteiger partial charge in [0, 0.05) is 0 Å². The van der Waals surface area contributed by atoms with Gasteiger partial charge >= 0.3 is 0 Å². The molecule has 0 aliphatic heterocycles. The molecule has 360 valence electrons. The number of nitrogens with one attached hydrogen (secondary N) is 1. The van der Waals surface area contributed by atoms with E-state index in [1.165, 1.54) is 263 Å². The van der Waals surface area contributed by atoms with Crippen molar-refractivity contribution in [2.75, 3.05) is 6.61 Å². The molecule has 0 fully saturated rings. The molecule has 1 amide bonds. The van der Waals surface area contributed by atoms with Crippen molar-refractivity contribution in [2.24, 2.45) is 0 Å². The first kappa shape index (κ1) is 59.4. The third-order valence-electron chi connectivity index (χ3n) is 13.4. The molecule has 0 aliphatic rings. The number of hydrogen-bond acceptors (Lipinski definition) is 4. The lowest BCUT2D eigenvalue weighted by atomic mass is 10.0. The first-order chi connectivity index (χ1) is 29.5. The van der Waals surface area contributed by atoms with Crippen molar-refractivity contribution >= 4 is 5.91 Å². The summed E-state index contributed by atoms with van der Waals surface area (Å²) in [5.41, 5.74) is 0. The molecule has 0 spiro atoms. The highest BCUT2D eigenvalue weighted by Crippen LogP contribution is 2.18. The zero-order valence-corrected chi connectivity index (χ0v) is 41.1. The van der Waals surface area contributed by atoms with Crippen LogP contribution in [0.3, 0.4) is 0 Å². The van der Waals surface area contributed by atoms with Crippen LogP contribution < -0.4 is 5.32 Å². The Morgan fingerprint density at radius 1 is 0.350 bits per heavy atom. The van der Waals surface area contributed by atoms with Crippen molar-refractivity contribution in [3.63, 3.8) is 0 Å². The molecule has 0 radical (unpaired) electrons. The predicted octanol–water partition coefficient (Wildman–Crippen LogP) is 16.9. The van der Waals surface area contributed by atoms with Crippen molar-refractivity contribution in [3.05, 3.63) is 0 Å². The van der Waals surface area contributed by atoms with E-state index >= 15 is 0 Å². The van der Waals surface area contributed by atoms with Gasteiger partial charge in [0.05, 0.1) is 31.3 Å². The lowest BCUT2D eigenvalue weighted by Crippen LogP contribution is -2.46. The Morgan fingerprint density at radius 2 is 0.567 bits per heavy atom. The Morgan fingerprint density at radius 3 is 0.800 bits per heavy atom. The smallest absolute Gasteiger partial charge is 0.222 e. The summed E-state index contributed by atoms with van der Waals surface area (Å²) < 4.78 is 0. The van der Waals surface area contributed by atoms with Gasteiger partial charge in [-0.25, -0.2) is 0 Å². The number of amides is 1. The summed E-state index contributed by atoms with van der Waals surface area (Å²) in [5.74, 6) is -0.275. The second-order valence-corrected chi connectivity index (χ2v) is 19.6. The van der Waals surface area contributed by atoms with Gasteiger partial charge in [-0.1, -0.05) is 303 Å². The van der Waals surface area contributed by atoms with Crippen molar-refractivity contribution < 1.29 is 20.1 Å². The molecular weight excluding hydrogens is 739 g/mol. The molecule has 0 aromatic rings. The average molecular weight is 850 g/mol. The van der Waals surface area contributed by atoms with Gasteiger partial charge in [0.15, 0.2) is 0 Å². The molecule has 0 bridgehead atoms. The maximum atomic E-state index is 12.5. The van der Waals surface area contributed by atoms with E-state index in [1.54, 1.807) is 0 Å². The van der Waals surface area contributed by atoms with Crippen molar-refractivity contribution in [1.82, 2.24) is 5.32 Å². The third kappa shape index (κ3) is 46.8. The highest BCUT2D eigenvalue weighted by Gasteiger charge is 2.21. The van der Waals surface area contributed by atoms with Gasteiger partial charge in [-0.3, -0.25) is 4.79 Å². The fourth-order valence-corrected chi connectivity index (χ4v) is 9.17. The fraction of sp³-hybridized carbons (Fsp3) is 0.982.